The summed E-state index contributed by atoms with van der Waals surface area (Å²) in [6.07, 6.45) is 4.94. The molecule has 270 valence electrons. The summed E-state index contributed by atoms with van der Waals surface area (Å²) in [6.45, 7) is 4.46. The van der Waals surface area contributed by atoms with E-state index in [2.05, 4.69) is 71.5 Å². The zero-order valence-corrected chi connectivity index (χ0v) is 29.8. The number of fused-ring (bicyclic) bond motifs is 2. The van der Waals surface area contributed by atoms with E-state index in [0.29, 0.717) is 37.9 Å². The quantitative estimate of drug-likeness (QED) is 0.283. The zero-order chi connectivity index (χ0) is 34.9. The van der Waals surface area contributed by atoms with Gasteiger partial charge in [0.1, 0.15) is 11.5 Å². The van der Waals surface area contributed by atoms with Crippen LogP contribution in [0.5, 0.6) is 28.7 Å². The maximum Gasteiger partial charge on any atom is 0.196 e. The van der Waals surface area contributed by atoms with Crippen LogP contribution in [0.25, 0.3) is 0 Å². The minimum Gasteiger partial charge on any atom is -0.497 e. The van der Waals surface area contributed by atoms with Crippen molar-refractivity contribution in [2.75, 3.05) is 73.9 Å². The molecule has 0 saturated carbocycles. The fraction of sp³-hybridized carbons (Fsp3) is 0.463. The number of nitrogens with zero attached hydrogens (tertiary/aromatic N) is 2. The van der Waals surface area contributed by atoms with Gasteiger partial charge in [0.25, 0.3) is 0 Å². The lowest BCUT2D eigenvalue weighted by molar-refractivity contribution is 0.0156. The number of aliphatic hydroxyl groups excluding tert-OH is 1. The SMILES string of the molecule is COC1=CC2=C3C4Oc5cc6c(cc5OC14)CCN(CCOCCOCCO)C6Cc1ccc(OC)c(c1)Oc1ccc(cc1)CC3N(C)CC2. The highest BCUT2D eigenvalue weighted by Crippen LogP contribution is 2.48. The molecule has 0 radical (unpaired) electrons. The predicted octanol–water partition coefficient (Wildman–Crippen LogP) is 5.26. The first kappa shape index (κ1) is 34.0. The second kappa shape index (κ2) is 14.9. The van der Waals surface area contributed by atoms with Crippen LogP contribution in [0, 0.1) is 0 Å². The summed E-state index contributed by atoms with van der Waals surface area (Å²) in [7, 11) is 5.62. The summed E-state index contributed by atoms with van der Waals surface area (Å²) in [5.74, 6) is 4.52. The number of hydrogen-bond donors (Lipinski definition) is 1. The first-order valence-corrected chi connectivity index (χ1v) is 18.2. The van der Waals surface area contributed by atoms with Gasteiger partial charge in [-0.25, -0.2) is 0 Å². The molecular formula is C41H48N2O8. The van der Waals surface area contributed by atoms with E-state index in [4.69, 9.17) is 38.3 Å². The van der Waals surface area contributed by atoms with Gasteiger partial charge >= 0.3 is 0 Å². The Morgan fingerprint density at radius 3 is 2.33 bits per heavy atom. The molecule has 1 aliphatic carbocycles. The van der Waals surface area contributed by atoms with Crippen molar-refractivity contribution < 1.29 is 38.3 Å². The molecule has 3 aromatic carbocycles. The summed E-state index contributed by atoms with van der Waals surface area (Å²) >= 11 is 0. The first-order valence-electron chi connectivity index (χ1n) is 18.2. The molecule has 5 heterocycles. The van der Waals surface area contributed by atoms with Gasteiger partial charge in [-0.05, 0) is 109 Å². The second-order valence-electron chi connectivity index (χ2n) is 13.9. The van der Waals surface area contributed by atoms with E-state index in [1.165, 1.54) is 27.8 Å². The molecule has 5 aliphatic heterocycles. The third kappa shape index (κ3) is 6.83. The topological polar surface area (TPSA) is 91.3 Å². The fourth-order valence-electron chi connectivity index (χ4n) is 8.32. The lowest BCUT2D eigenvalue weighted by atomic mass is 9.79. The molecular weight excluding hydrogens is 648 g/mol. The molecule has 0 spiro atoms. The lowest BCUT2D eigenvalue weighted by Crippen LogP contribution is -2.53. The number of likely N-dealkylation sites (N-methyl/N-ethyl adjacent to an activating group) is 1. The van der Waals surface area contributed by atoms with Crippen molar-refractivity contribution in [2.24, 2.45) is 0 Å². The fourth-order valence-corrected chi connectivity index (χ4v) is 8.32. The monoisotopic (exact) mass is 696 g/mol. The van der Waals surface area contributed by atoms with Gasteiger partial charge in [-0.2, -0.15) is 0 Å². The van der Waals surface area contributed by atoms with Gasteiger partial charge in [-0.15, -0.1) is 0 Å². The summed E-state index contributed by atoms with van der Waals surface area (Å²) in [5.41, 5.74) is 7.44. The van der Waals surface area contributed by atoms with Crippen molar-refractivity contribution >= 4 is 0 Å². The number of rotatable bonds is 10. The average molecular weight is 697 g/mol. The van der Waals surface area contributed by atoms with Crippen molar-refractivity contribution in [3.8, 4) is 28.7 Å². The van der Waals surface area contributed by atoms with Gasteiger partial charge in [-0.3, -0.25) is 9.80 Å². The molecule has 7 bridgehead atoms. The zero-order valence-electron chi connectivity index (χ0n) is 29.8. The van der Waals surface area contributed by atoms with E-state index >= 15 is 0 Å². The van der Waals surface area contributed by atoms with Crippen LogP contribution >= 0.6 is 0 Å². The third-order valence-electron chi connectivity index (χ3n) is 11.0. The smallest absolute Gasteiger partial charge is 0.196 e. The molecule has 0 saturated heterocycles. The number of allylic oxidation sites excluding steroid dienone is 1. The van der Waals surface area contributed by atoms with Gasteiger partial charge in [0.05, 0.1) is 47.3 Å². The van der Waals surface area contributed by atoms with E-state index in [1.54, 1.807) is 14.2 Å². The van der Waals surface area contributed by atoms with Crippen LogP contribution in [0.15, 0.2) is 77.6 Å². The maximum absolute atomic E-state index is 9.00. The minimum absolute atomic E-state index is 0.0136. The van der Waals surface area contributed by atoms with Crippen molar-refractivity contribution in [1.82, 2.24) is 9.80 Å². The summed E-state index contributed by atoms with van der Waals surface area (Å²) < 4.78 is 43.6. The Kier molecular flexibility index (Phi) is 9.94. The van der Waals surface area contributed by atoms with E-state index in [0.717, 1.165) is 73.9 Å². The molecule has 10 nitrogen and oxygen atoms in total. The Labute approximate surface area is 300 Å². The van der Waals surface area contributed by atoms with E-state index < -0.39 is 0 Å². The van der Waals surface area contributed by atoms with Gasteiger partial charge in [0.2, 0.25) is 0 Å². The van der Waals surface area contributed by atoms with Gasteiger partial charge in [0.15, 0.2) is 35.2 Å². The van der Waals surface area contributed by atoms with Crippen LogP contribution in [0.4, 0.5) is 0 Å². The first-order chi connectivity index (χ1) is 25.0. The van der Waals surface area contributed by atoms with Gasteiger partial charge in [-0.1, -0.05) is 18.2 Å². The van der Waals surface area contributed by atoms with Gasteiger partial charge < -0.3 is 38.3 Å². The molecule has 4 atom stereocenters. The summed E-state index contributed by atoms with van der Waals surface area (Å²) in [4.78, 5) is 4.96. The molecule has 0 aromatic heterocycles. The molecule has 0 amide bonds. The summed E-state index contributed by atoms with van der Waals surface area (Å²) in [5, 5.41) is 9.00. The normalized spacial score (nSPS) is 23.8. The van der Waals surface area contributed by atoms with Crippen LogP contribution in [-0.2, 0) is 33.5 Å². The van der Waals surface area contributed by atoms with Crippen molar-refractivity contribution in [1.29, 1.82) is 0 Å². The number of ether oxygens (including phenoxy) is 7. The van der Waals surface area contributed by atoms with Crippen LogP contribution < -0.4 is 18.9 Å². The standard InChI is InChI=1S/C41H48N2O8/c1-42-12-10-29-24-38(46-3)40-41-39(29)33(42)20-26-4-7-30(8-5-26)49-35-22-27(6-9-34(35)45-2)21-32-31-25-37(51-41)36(50-40)23-28(31)11-13-43(32)14-16-47-18-19-48-17-15-44/h4-9,22-25,32-33,40-41,44H,10-21H2,1-3H3. The van der Waals surface area contributed by atoms with E-state index in [1.807, 2.05) is 6.07 Å². The van der Waals surface area contributed by atoms with Crippen LogP contribution in [0.3, 0.4) is 0 Å². The van der Waals surface area contributed by atoms with Gasteiger partial charge in [0, 0.05) is 31.7 Å². The van der Waals surface area contributed by atoms with Crippen molar-refractivity contribution in [3.05, 3.63) is 99.8 Å². The molecule has 3 aromatic rings. The Morgan fingerprint density at radius 2 is 1.53 bits per heavy atom. The lowest BCUT2D eigenvalue weighted by Gasteiger charge is -2.46. The molecule has 10 heteroatoms. The van der Waals surface area contributed by atoms with Crippen LogP contribution in [0.1, 0.15) is 34.7 Å². The Balaban J connectivity index is 1.20. The minimum atomic E-state index is -0.359. The largest absolute Gasteiger partial charge is 0.497 e. The number of benzene rings is 3. The molecule has 4 unspecified atom stereocenters. The molecule has 1 N–H and O–H groups in total. The number of aliphatic hydroxyl groups is 1. The highest BCUT2D eigenvalue weighted by molar-refractivity contribution is 5.55. The molecule has 6 aliphatic rings. The number of hydrogen-bond acceptors (Lipinski definition) is 10. The Hall–Kier alpha value is -4.06. The molecule has 0 fully saturated rings. The van der Waals surface area contributed by atoms with Crippen LogP contribution in [0.2, 0.25) is 0 Å². The van der Waals surface area contributed by atoms with Crippen molar-refractivity contribution in [3.63, 3.8) is 0 Å². The predicted molar refractivity (Wildman–Crippen MR) is 192 cm³/mol. The average Bonchev–Trinajstić information content (AvgIpc) is 3.15. The third-order valence-corrected chi connectivity index (χ3v) is 11.0. The summed E-state index contributed by atoms with van der Waals surface area (Å²) in [6, 6.07) is 19.3. The highest BCUT2D eigenvalue weighted by atomic mass is 16.6. The highest BCUT2D eigenvalue weighted by Gasteiger charge is 2.46. The van der Waals surface area contributed by atoms with Crippen LogP contribution in [-0.4, -0.2) is 107 Å². The number of methoxy groups -OCH3 is 2. The Morgan fingerprint density at radius 1 is 0.765 bits per heavy atom. The maximum atomic E-state index is 9.00. The van der Waals surface area contributed by atoms with Crippen molar-refractivity contribution in [2.45, 2.75) is 50.0 Å². The Bertz CT molecular complexity index is 1790. The molecule has 51 heavy (non-hydrogen) atoms. The molecule has 9 rings (SSSR count). The second-order valence-corrected chi connectivity index (χ2v) is 13.9. The van der Waals surface area contributed by atoms with E-state index in [-0.39, 0.29) is 30.9 Å². The van der Waals surface area contributed by atoms with E-state index in [9.17, 15) is 0 Å².